The number of aryl methyl sites for hydroxylation is 2. The predicted octanol–water partition coefficient (Wildman–Crippen LogP) is 4.32. The molecule has 2 rings (SSSR count). The first kappa shape index (κ1) is 15.0. The minimum absolute atomic E-state index is 0.114. The predicted molar refractivity (Wildman–Crippen MR) is 80.6 cm³/mol. The highest BCUT2D eigenvalue weighted by Crippen LogP contribution is 2.17. The number of halogens is 2. The average molecular weight is 293 g/mol. The van der Waals surface area contributed by atoms with E-state index in [4.69, 9.17) is 11.6 Å². The van der Waals surface area contributed by atoms with Gasteiger partial charge >= 0.3 is 0 Å². The van der Waals surface area contributed by atoms with Crippen molar-refractivity contribution in [3.05, 3.63) is 70.0 Å². The summed E-state index contributed by atoms with van der Waals surface area (Å²) in [7, 11) is 0. The smallest absolute Gasteiger partial charge is 0.142 e. The van der Waals surface area contributed by atoms with Crippen LogP contribution in [0.2, 0.25) is 5.02 Å². The Morgan fingerprint density at radius 3 is 2.40 bits per heavy atom. The average Bonchev–Trinajstić information content (AvgIpc) is 2.42. The normalized spacial score (nSPS) is 12.4. The van der Waals surface area contributed by atoms with Crippen LogP contribution in [0, 0.1) is 12.7 Å². The fourth-order valence-electron chi connectivity index (χ4n) is 2.13. The van der Waals surface area contributed by atoms with E-state index in [1.807, 2.05) is 6.92 Å². The Morgan fingerprint density at radius 2 is 1.75 bits per heavy atom. The Morgan fingerprint density at radius 1 is 1.10 bits per heavy atom. The number of benzene rings is 2. The molecule has 2 aromatic carbocycles. The van der Waals surface area contributed by atoms with Crippen molar-refractivity contribution in [2.75, 3.05) is 0 Å². The summed E-state index contributed by atoms with van der Waals surface area (Å²) >= 11 is 5.63. The van der Waals surface area contributed by atoms with Gasteiger partial charge in [-0.3, -0.25) is 0 Å². The largest absolute Gasteiger partial charge is 0.393 e. The highest BCUT2D eigenvalue weighted by molar-refractivity contribution is 6.30. The van der Waals surface area contributed by atoms with Crippen molar-refractivity contribution >= 4 is 11.6 Å². The molecule has 20 heavy (non-hydrogen) atoms. The lowest BCUT2D eigenvalue weighted by Gasteiger charge is -2.11. The zero-order valence-corrected chi connectivity index (χ0v) is 12.2. The maximum atomic E-state index is 13.3. The maximum Gasteiger partial charge on any atom is 0.142 e. The number of aliphatic hydroxyl groups is 1. The molecule has 0 bridgehead atoms. The Balaban J connectivity index is 1.87. The molecule has 0 radical (unpaired) electrons. The zero-order valence-electron chi connectivity index (χ0n) is 11.4. The minimum Gasteiger partial charge on any atom is -0.393 e. The molecule has 0 aromatic heterocycles. The second-order valence-corrected chi connectivity index (χ2v) is 5.54. The first-order valence-electron chi connectivity index (χ1n) is 6.72. The molecular formula is C17H18ClFO. The molecule has 2 aromatic rings. The summed E-state index contributed by atoms with van der Waals surface area (Å²) in [5.74, 6) is -0.435. The lowest BCUT2D eigenvalue weighted by molar-refractivity contribution is 0.165. The number of hydrogen-bond acceptors (Lipinski definition) is 1. The maximum absolute atomic E-state index is 13.3. The highest BCUT2D eigenvalue weighted by atomic mass is 35.5. The molecule has 0 amide bonds. The molecule has 0 saturated heterocycles. The van der Waals surface area contributed by atoms with E-state index in [-0.39, 0.29) is 5.02 Å². The summed E-state index contributed by atoms with van der Waals surface area (Å²) in [6.45, 7) is 2.05. The third-order valence-electron chi connectivity index (χ3n) is 3.34. The summed E-state index contributed by atoms with van der Waals surface area (Å²) in [6.07, 6.45) is 1.45. The monoisotopic (exact) mass is 292 g/mol. The second-order valence-electron chi connectivity index (χ2n) is 5.13. The van der Waals surface area contributed by atoms with Crippen LogP contribution in [-0.4, -0.2) is 11.2 Å². The van der Waals surface area contributed by atoms with Crippen LogP contribution < -0.4 is 0 Å². The van der Waals surface area contributed by atoms with Crippen LogP contribution in [-0.2, 0) is 12.8 Å². The Kier molecular flexibility index (Phi) is 5.16. The van der Waals surface area contributed by atoms with Crippen molar-refractivity contribution in [3.8, 4) is 0 Å². The van der Waals surface area contributed by atoms with E-state index in [9.17, 15) is 9.50 Å². The molecule has 0 spiro atoms. The van der Waals surface area contributed by atoms with Gasteiger partial charge in [-0.25, -0.2) is 4.39 Å². The first-order chi connectivity index (χ1) is 9.54. The van der Waals surface area contributed by atoms with Gasteiger partial charge in [-0.2, -0.15) is 0 Å². The fourth-order valence-corrected chi connectivity index (χ4v) is 2.25. The van der Waals surface area contributed by atoms with Gasteiger partial charge in [0.1, 0.15) is 5.82 Å². The molecule has 3 heteroatoms. The van der Waals surface area contributed by atoms with Gasteiger partial charge in [0, 0.05) is 0 Å². The molecule has 1 atom stereocenters. The first-order valence-corrected chi connectivity index (χ1v) is 7.10. The van der Waals surface area contributed by atoms with Crippen molar-refractivity contribution < 1.29 is 9.50 Å². The molecule has 0 aliphatic rings. The van der Waals surface area contributed by atoms with Gasteiger partial charge in [0.2, 0.25) is 0 Å². The van der Waals surface area contributed by atoms with Gasteiger partial charge in [0.25, 0.3) is 0 Å². The number of aliphatic hydroxyl groups excluding tert-OH is 1. The Labute approximate surface area is 124 Å². The Bertz CT molecular complexity index is 566. The topological polar surface area (TPSA) is 20.2 Å². The third kappa shape index (κ3) is 4.32. The van der Waals surface area contributed by atoms with Gasteiger partial charge in [0.15, 0.2) is 0 Å². The molecule has 1 nitrogen and oxygen atoms in total. The SMILES string of the molecule is Cc1ccc(CCC(O)Cc2ccc(Cl)c(F)c2)cc1. The van der Waals surface area contributed by atoms with Crippen LogP contribution in [0.3, 0.4) is 0 Å². The van der Waals surface area contributed by atoms with Gasteiger partial charge < -0.3 is 5.11 Å². The second kappa shape index (κ2) is 6.87. The Hall–Kier alpha value is -1.38. The quantitative estimate of drug-likeness (QED) is 0.870. The standard InChI is InChI=1S/C17H18ClFO/c1-12-2-4-13(5-3-12)6-8-15(20)10-14-7-9-16(18)17(19)11-14/h2-5,7,9,11,15,20H,6,8,10H2,1H3. The van der Waals surface area contributed by atoms with Crippen LogP contribution in [0.25, 0.3) is 0 Å². The van der Waals surface area contributed by atoms with Crippen molar-refractivity contribution in [1.82, 2.24) is 0 Å². The molecule has 1 unspecified atom stereocenters. The van der Waals surface area contributed by atoms with Crippen LogP contribution in [0.5, 0.6) is 0 Å². The summed E-state index contributed by atoms with van der Waals surface area (Å²) in [5, 5.41) is 10.1. The van der Waals surface area contributed by atoms with E-state index in [2.05, 4.69) is 24.3 Å². The molecule has 0 aliphatic heterocycles. The van der Waals surface area contributed by atoms with Crippen molar-refractivity contribution in [1.29, 1.82) is 0 Å². The van der Waals surface area contributed by atoms with Crippen LogP contribution in [0.15, 0.2) is 42.5 Å². The van der Waals surface area contributed by atoms with E-state index >= 15 is 0 Å². The minimum atomic E-state index is -0.475. The summed E-state index contributed by atoms with van der Waals surface area (Å²) < 4.78 is 13.3. The van der Waals surface area contributed by atoms with E-state index in [1.165, 1.54) is 23.3 Å². The van der Waals surface area contributed by atoms with E-state index in [0.29, 0.717) is 12.8 Å². The number of hydrogen-bond donors (Lipinski definition) is 1. The van der Waals surface area contributed by atoms with Gasteiger partial charge in [-0.15, -0.1) is 0 Å². The van der Waals surface area contributed by atoms with Gasteiger partial charge in [-0.05, 0) is 49.4 Å². The van der Waals surface area contributed by atoms with Crippen LogP contribution >= 0.6 is 11.6 Å². The van der Waals surface area contributed by atoms with Crippen molar-refractivity contribution in [2.24, 2.45) is 0 Å². The van der Waals surface area contributed by atoms with Crippen molar-refractivity contribution in [3.63, 3.8) is 0 Å². The van der Waals surface area contributed by atoms with E-state index in [1.54, 1.807) is 6.07 Å². The summed E-state index contributed by atoms with van der Waals surface area (Å²) in [6, 6.07) is 12.9. The molecular weight excluding hydrogens is 275 g/mol. The van der Waals surface area contributed by atoms with Crippen LogP contribution in [0.1, 0.15) is 23.1 Å². The molecule has 106 valence electrons. The number of rotatable bonds is 5. The van der Waals surface area contributed by atoms with E-state index in [0.717, 1.165) is 12.0 Å². The lowest BCUT2D eigenvalue weighted by Crippen LogP contribution is -2.11. The molecule has 0 heterocycles. The zero-order chi connectivity index (χ0) is 14.5. The highest BCUT2D eigenvalue weighted by Gasteiger charge is 2.08. The molecule has 0 aliphatic carbocycles. The fraction of sp³-hybridized carbons (Fsp3) is 0.294. The van der Waals surface area contributed by atoms with Crippen molar-refractivity contribution in [2.45, 2.75) is 32.3 Å². The van der Waals surface area contributed by atoms with E-state index < -0.39 is 11.9 Å². The molecule has 0 fully saturated rings. The van der Waals surface area contributed by atoms with Gasteiger partial charge in [0.05, 0.1) is 11.1 Å². The van der Waals surface area contributed by atoms with Crippen LogP contribution in [0.4, 0.5) is 4.39 Å². The molecule has 0 saturated carbocycles. The lowest BCUT2D eigenvalue weighted by atomic mass is 10.0. The van der Waals surface area contributed by atoms with Gasteiger partial charge in [-0.1, -0.05) is 47.5 Å². The summed E-state index contributed by atoms with van der Waals surface area (Å²) in [4.78, 5) is 0. The summed E-state index contributed by atoms with van der Waals surface area (Å²) in [5.41, 5.74) is 3.20. The third-order valence-corrected chi connectivity index (χ3v) is 3.65. The molecule has 1 N–H and O–H groups in total.